The number of benzene rings is 2. The van der Waals surface area contributed by atoms with Gasteiger partial charge in [-0.15, -0.1) is 0 Å². The molecular formula is C16H17Cl2NO3S. The lowest BCUT2D eigenvalue weighted by Crippen LogP contribution is -2.30. The summed E-state index contributed by atoms with van der Waals surface area (Å²) in [4.78, 5) is -0.0177. The summed E-state index contributed by atoms with van der Waals surface area (Å²) in [6.07, 6.45) is 0. The molecule has 0 aliphatic carbocycles. The van der Waals surface area contributed by atoms with Gasteiger partial charge in [0.1, 0.15) is 10.6 Å². The molecule has 0 heterocycles. The lowest BCUT2D eigenvalue weighted by Gasteiger charge is -2.26. The van der Waals surface area contributed by atoms with Crippen molar-refractivity contribution in [2.75, 3.05) is 14.2 Å². The molecule has 0 aromatic heterocycles. The van der Waals surface area contributed by atoms with Crippen LogP contribution in [0.3, 0.4) is 0 Å². The summed E-state index contributed by atoms with van der Waals surface area (Å²) >= 11 is 12.0. The topological polar surface area (TPSA) is 46.6 Å². The monoisotopic (exact) mass is 373 g/mol. The quantitative estimate of drug-likeness (QED) is 0.780. The standard InChI is InChI=1S/C16H17Cl2NO3S/c1-11(12-7-4-5-9-14(12)22-3)19(2)23(20,21)15-10-6-8-13(17)16(15)18/h4-11H,1-3H3. The summed E-state index contributed by atoms with van der Waals surface area (Å²) in [7, 11) is -0.750. The Bertz CT molecular complexity index is 809. The molecule has 0 amide bonds. The molecule has 1 unspecified atom stereocenters. The predicted octanol–water partition coefficient (Wildman–Crippen LogP) is 4.38. The third-order valence-electron chi connectivity index (χ3n) is 3.71. The maximum atomic E-state index is 12.9. The number of hydrogen-bond donors (Lipinski definition) is 0. The highest BCUT2D eigenvalue weighted by Crippen LogP contribution is 2.35. The average Bonchev–Trinajstić information content (AvgIpc) is 2.55. The van der Waals surface area contributed by atoms with Crippen molar-refractivity contribution >= 4 is 33.2 Å². The summed E-state index contributed by atoms with van der Waals surface area (Å²) in [5.74, 6) is 0.624. The second-order valence-corrected chi connectivity index (χ2v) is 7.74. The van der Waals surface area contributed by atoms with Crippen LogP contribution in [0.4, 0.5) is 0 Å². The Balaban J connectivity index is 2.46. The van der Waals surface area contributed by atoms with Crippen LogP contribution < -0.4 is 4.74 Å². The fraction of sp³-hybridized carbons (Fsp3) is 0.250. The van der Waals surface area contributed by atoms with Crippen LogP contribution in [0.1, 0.15) is 18.5 Å². The summed E-state index contributed by atoms with van der Waals surface area (Å²) < 4.78 is 32.3. The Labute approximate surface area is 146 Å². The van der Waals surface area contributed by atoms with Crippen molar-refractivity contribution in [1.29, 1.82) is 0 Å². The van der Waals surface area contributed by atoms with Gasteiger partial charge in [-0.1, -0.05) is 47.5 Å². The maximum Gasteiger partial charge on any atom is 0.244 e. The van der Waals surface area contributed by atoms with Gasteiger partial charge in [-0.3, -0.25) is 0 Å². The largest absolute Gasteiger partial charge is 0.496 e. The van der Waals surface area contributed by atoms with Gasteiger partial charge in [0, 0.05) is 12.6 Å². The van der Waals surface area contributed by atoms with Crippen molar-refractivity contribution in [3.63, 3.8) is 0 Å². The first kappa shape index (κ1) is 18.1. The Hall–Kier alpha value is -1.27. The minimum absolute atomic E-state index is 0.0177. The first-order valence-electron chi connectivity index (χ1n) is 6.85. The van der Waals surface area contributed by atoms with Crippen LogP contribution in [0.5, 0.6) is 5.75 Å². The molecule has 7 heteroatoms. The van der Waals surface area contributed by atoms with E-state index in [0.29, 0.717) is 5.75 Å². The van der Waals surface area contributed by atoms with Gasteiger partial charge in [-0.05, 0) is 25.1 Å². The highest BCUT2D eigenvalue weighted by Gasteiger charge is 2.30. The maximum absolute atomic E-state index is 12.9. The van der Waals surface area contributed by atoms with E-state index in [1.54, 1.807) is 32.2 Å². The Morgan fingerprint density at radius 2 is 1.74 bits per heavy atom. The summed E-state index contributed by atoms with van der Waals surface area (Å²) in [6, 6.07) is 11.4. The first-order valence-corrected chi connectivity index (χ1v) is 9.05. The number of rotatable bonds is 5. The smallest absolute Gasteiger partial charge is 0.244 e. The van der Waals surface area contributed by atoms with Gasteiger partial charge in [0.15, 0.2) is 0 Å². The van der Waals surface area contributed by atoms with E-state index in [2.05, 4.69) is 0 Å². The zero-order valence-corrected chi connectivity index (χ0v) is 15.3. The van der Waals surface area contributed by atoms with E-state index in [9.17, 15) is 8.42 Å². The molecule has 0 radical (unpaired) electrons. The van der Waals surface area contributed by atoms with Crippen LogP contribution in [0.15, 0.2) is 47.4 Å². The second-order valence-electron chi connectivity index (χ2n) is 4.99. The zero-order valence-electron chi connectivity index (χ0n) is 13.0. The van der Waals surface area contributed by atoms with E-state index in [-0.39, 0.29) is 14.9 Å². The SMILES string of the molecule is COc1ccccc1C(C)N(C)S(=O)(=O)c1cccc(Cl)c1Cl. The molecule has 0 fully saturated rings. The molecule has 4 nitrogen and oxygen atoms in total. The number of hydrogen-bond acceptors (Lipinski definition) is 3. The van der Waals surface area contributed by atoms with Crippen molar-refractivity contribution in [3.05, 3.63) is 58.1 Å². The highest BCUT2D eigenvalue weighted by atomic mass is 35.5. The van der Waals surface area contributed by atoms with Crippen LogP contribution in [-0.4, -0.2) is 26.9 Å². The van der Waals surface area contributed by atoms with Crippen molar-refractivity contribution in [3.8, 4) is 5.75 Å². The molecule has 23 heavy (non-hydrogen) atoms. The molecule has 0 saturated heterocycles. The molecular weight excluding hydrogens is 357 g/mol. The Morgan fingerprint density at radius 3 is 2.39 bits per heavy atom. The molecule has 2 rings (SSSR count). The van der Waals surface area contributed by atoms with Crippen molar-refractivity contribution < 1.29 is 13.2 Å². The highest BCUT2D eigenvalue weighted by molar-refractivity contribution is 7.89. The molecule has 0 spiro atoms. The third kappa shape index (κ3) is 3.48. The fourth-order valence-electron chi connectivity index (χ4n) is 2.25. The second kappa shape index (κ2) is 7.09. The number of methoxy groups -OCH3 is 1. The first-order chi connectivity index (χ1) is 10.8. The van der Waals surface area contributed by atoms with Crippen molar-refractivity contribution in [2.24, 2.45) is 0 Å². The van der Waals surface area contributed by atoms with Gasteiger partial charge in [-0.2, -0.15) is 4.31 Å². The van der Waals surface area contributed by atoms with E-state index in [1.807, 2.05) is 18.2 Å². The number of para-hydroxylation sites is 1. The lowest BCUT2D eigenvalue weighted by atomic mass is 10.1. The third-order valence-corrected chi connectivity index (χ3v) is 6.61. The van der Waals surface area contributed by atoms with Crippen LogP contribution in [-0.2, 0) is 10.0 Å². The molecule has 0 saturated carbocycles. The molecule has 1 atom stereocenters. The molecule has 2 aromatic carbocycles. The van der Waals surface area contributed by atoms with Gasteiger partial charge in [0.25, 0.3) is 0 Å². The summed E-state index contributed by atoms with van der Waals surface area (Å²) in [5, 5.41) is 0.222. The summed E-state index contributed by atoms with van der Waals surface area (Å²) in [6.45, 7) is 1.79. The predicted molar refractivity (Wildman–Crippen MR) is 92.8 cm³/mol. The zero-order chi connectivity index (χ0) is 17.2. The van der Waals surface area contributed by atoms with E-state index >= 15 is 0 Å². The van der Waals surface area contributed by atoms with Gasteiger partial charge in [0.05, 0.1) is 23.2 Å². The molecule has 2 aromatic rings. The molecule has 0 N–H and O–H groups in total. The molecule has 124 valence electrons. The van der Waals surface area contributed by atoms with Gasteiger partial charge < -0.3 is 4.74 Å². The minimum atomic E-state index is -3.80. The van der Waals surface area contributed by atoms with E-state index < -0.39 is 16.1 Å². The normalized spacial score (nSPS) is 13.1. The molecule has 0 bridgehead atoms. The fourth-order valence-corrected chi connectivity index (χ4v) is 4.33. The lowest BCUT2D eigenvalue weighted by molar-refractivity contribution is 0.367. The molecule has 0 aliphatic heterocycles. The van der Waals surface area contributed by atoms with E-state index in [0.717, 1.165) is 5.56 Å². The van der Waals surface area contributed by atoms with Crippen molar-refractivity contribution in [2.45, 2.75) is 17.9 Å². The number of halogens is 2. The van der Waals surface area contributed by atoms with Gasteiger partial charge >= 0.3 is 0 Å². The van der Waals surface area contributed by atoms with Gasteiger partial charge in [-0.25, -0.2) is 8.42 Å². The van der Waals surface area contributed by atoms with Crippen LogP contribution in [0.25, 0.3) is 0 Å². The number of ether oxygens (including phenoxy) is 1. The van der Waals surface area contributed by atoms with Crippen LogP contribution in [0, 0.1) is 0 Å². The molecule has 0 aliphatic rings. The van der Waals surface area contributed by atoms with E-state index in [4.69, 9.17) is 27.9 Å². The number of sulfonamides is 1. The number of nitrogens with zero attached hydrogens (tertiary/aromatic N) is 1. The van der Waals surface area contributed by atoms with Crippen molar-refractivity contribution in [1.82, 2.24) is 4.31 Å². The van der Waals surface area contributed by atoms with E-state index in [1.165, 1.54) is 17.4 Å². The van der Waals surface area contributed by atoms with Gasteiger partial charge in [0.2, 0.25) is 10.0 Å². The van der Waals surface area contributed by atoms with Crippen LogP contribution >= 0.6 is 23.2 Å². The minimum Gasteiger partial charge on any atom is -0.496 e. The average molecular weight is 374 g/mol. The Morgan fingerprint density at radius 1 is 1.09 bits per heavy atom. The summed E-state index contributed by atoms with van der Waals surface area (Å²) in [5.41, 5.74) is 0.763. The van der Waals surface area contributed by atoms with Crippen LogP contribution in [0.2, 0.25) is 10.0 Å². The Kier molecular flexibility index (Phi) is 5.57.